The second-order valence-electron chi connectivity index (χ2n) is 14.8. The molecule has 0 radical (unpaired) electrons. The summed E-state index contributed by atoms with van der Waals surface area (Å²) in [6.07, 6.45) is 0. The van der Waals surface area contributed by atoms with Crippen LogP contribution < -0.4 is 0 Å². The summed E-state index contributed by atoms with van der Waals surface area (Å²) in [4.78, 5) is 0. The summed E-state index contributed by atoms with van der Waals surface area (Å²) in [6.45, 7) is 6.96. The average Bonchev–Trinajstić information content (AvgIpc) is 3.54. The zero-order chi connectivity index (χ0) is 34.3. The molecule has 0 saturated carbocycles. The second kappa shape index (κ2) is 11.2. The highest BCUT2D eigenvalue weighted by Crippen LogP contribution is 2.48. The summed E-state index contributed by atoms with van der Waals surface area (Å²) in [7, 11) is 0. The molecule has 0 unspecified atom stereocenters. The maximum Gasteiger partial charge on any atom is 0.143 e. The molecular formula is C50H36O. The van der Waals surface area contributed by atoms with Crippen LogP contribution in [0.25, 0.3) is 98.4 Å². The highest BCUT2D eigenvalue weighted by molar-refractivity contribution is 6.24. The van der Waals surface area contributed by atoms with Gasteiger partial charge in [-0.1, -0.05) is 172 Å². The van der Waals surface area contributed by atoms with Gasteiger partial charge < -0.3 is 4.42 Å². The second-order valence-corrected chi connectivity index (χ2v) is 14.8. The van der Waals surface area contributed by atoms with Crippen LogP contribution >= 0.6 is 0 Å². The van der Waals surface area contributed by atoms with Gasteiger partial charge in [0, 0.05) is 21.9 Å². The van der Waals surface area contributed by atoms with Crippen molar-refractivity contribution >= 4 is 65.0 Å². The fraction of sp³-hybridized carbons (Fsp3) is 0.0800. The Morgan fingerprint density at radius 1 is 0.353 bits per heavy atom. The Morgan fingerprint density at radius 3 is 1.35 bits per heavy atom. The Hall–Kier alpha value is -6.18. The number of fused-ring (bicyclic) bond motifs is 7. The molecule has 1 heteroatoms. The number of hydrogen-bond donors (Lipinski definition) is 0. The third-order valence-electron chi connectivity index (χ3n) is 10.7. The molecule has 0 bridgehead atoms. The van der Waals surface area contributed by atoms with Crippen molar-refractivity contribution in [3.05, 3.63) is 169 Å². The number of rotatable bonds is 3. The van der Waals surface area contributed by atoms with Gasteiger partial charge >= 0.3 is 0 Å². The lowest BCUT2D eigenvalue weighted by molar-refractivity contribution is 0.601. The van der Waals surface area contributed by atoms with Crippen molar-refractivity contribution in [3.63, 3.8) is 0 Å². The van der Waals surface area contributed by atoms with E-state index in [4.69, 9.17) is 4.42 Å². The minimum Gasteiger partial charge on any atom is -0.455 e. The van der Waals surface area contributed by atoms with Crippen LogP contribution in [-0.2, 0) is 5.41 Å². The molecule has 0 saturated heterocycles. The Morgan fingerprint density at radius 2 is 0.804 bits per heavy atom. The van der Waals surface area contributed by atoms with Crippen LogP contribution in [0.15, 0.2) is 168 Å². The van der Waals surface area contributed by atoms with Crippen molar-refractivity contribution < 1.29 is 4.42 Å². The summed E-state index contributed by atoms with van der Waals surface area (Å²) in [5.74, 6) is 0. The Bertz CT molecular complexity index is 2880. The third kappa shape index (κ3) is 4.48. The third-order valence-corrected chi connectivity index (χ3v) is 10.7. The largest absolute Gasteiger partial charge is 0.455 e. The van der Waals surface area contributed by atoms with Crippen molar-refractivity contribution in [1.29, 1.82) is 0 Å². The van der Waals surface area contributed by atoms with E-state index in [1.165, 1.54) is 76.5 Å². The summed E-state index contributed by atoms with van der Waals surface area (Å²) in [5.41, 5.74) is 10.4. The van der Waals surface area contributed by atoms with Gasteiger partial charge in [0.2, 0.25) is 0 Å². The Balaban J connectivity index is 1.25. The number of para-hydroxylation sites is 1. The quantitative estimate of drug-likeness (QED) is 0.173. The number of benzene rings is 9. The first kappa shape index (κ1) is 29.7. The van der Waals surface area contributed by atoms with Gasteiger partial charge in [0.15, 0.2) is 0 Å². The molecular weight excluding hydrogens is 617 g/mol. The molecule has 1 heterocycles. The van der Waals surface area contributed by atoms with Gasteiger partial charge in [-0.05, 0) is 88.5 Å². The van der Waals surface area contributed by atoms with E-state index in [1.54, 1.807) is 0 Å². The number of furan rings is 1. The SMILES string of the molecule is CC(C)(C)c1c2ccccc2c(-c2ccc3c(c2)oc2c(-c4c5ccccc5c(-c5ccccc5)c5ccccc45)cccc23)c2ccccc12. The van der Waals surface area contributed by atoms with Gasteiger partial charge in [-0.15, -0.1) is 0 Å². The molecule has 242 valence electrons. The lowest BCUT2D eigenvalue weighted by atomic mass is 9.78. The number of hydrogen-bond acceptors (Lipinski definition) is 1. The molecule has 9 aromatic carbocycles. The highest BCUT2D eigenvalue weighted by atomic mass is 16.3. The average molecular weight is 653 g/mol. The van der Waals surface area contributed by atoms with E-state index in [-0.39, 0.29) is 5.41 Å². The fourth-order valence-corrected chi connectivity index (χ4v) is 8.73. The van der Waals surface area contributed by atoms with E-state index in [0.717, 1.165) is 27.5 Å². The van der Waals surface area contributed by atoms with E-state index >= 15 is 0 Å². The molecule has 0 aliphatic carbocycles. The van der Waals surface area contributed by atoms with Crippen molar-refractivity contribution in [2.75, 3.05) is 0 Å². The first-order valence-electron chi connectivity index (χ1n) is 17.9. The lowest BCUT2D eigenvalue weighted by Gasteiger charge is -2.26. The van der Waals surface area contributed by atoms with Gasteiger partial charge in [0.1, 0.15) is 11.2 Å². The maximum atomic E-state index is 7.01. The van der Waals surface area contributed by atoms with Gasteiger partial charge in [-0.3, -0.25) is 0 Å². The zero-order valence-electron chi connectivity index (χ0n) is 29.0. The fourth-order valence-electron chi connectivity index (χ4n) is 8.73. The molecule has 0 spiro atoms. The molecule has 1 aromatic heterocycles. The van der Waals surface area contributed by atoms with Crippen LogP contribution in [0, 0.1) is 0 Å². The highest BCUT2D eigenvalue weighted by Gasteiger charge is 2.24. The van der Waals surface area contributed by atoms with Crippen molar-refractivity contribution in [2.24, 2.45) is 0 Å². The normalized spacial score (nSPS) is 12.2. The van der Waals surface area contributed by atoms with Crippen LogP contribution in [0.1, 0.15) is 26.3 Å². The minimum atomic E-state index is -0.00945. The first-order chi connectivity index (χ1) is 25.0. The molecule has 1 nitrogen and oxygen atoms in total. The molecule has 0 atom stereocenters. The van der Waals surface area contributed by atoms with Crippen LogP contribution in [-0.4, -0.2) is 0 Å². The molecule has 10 aromatic rings. The van der Waals surface area contributed by atoms with Crippen LogP contribution in [0.2, 0.25) is 0 Å². The molecule has 51 heavy (non-hydrogen) atoms. The maximum absolute atomic E-state index is 7.01. The van der Waals surface area contributed by atoms with Gasteiger partial charge in [0.25, 0.3) is 0 Å². The van der Waals surface area contributed by atoms with Crippen molar-refractivity contribution in [1.82, 2.24) is 0 Å². The predicted octanol–water partition coefficient (Wildman–Crippen LogP) is 14.5. The predicted molar refractivity (Wildman–Crippen MR) is 219 cm³/mol. The Labute approximate surface area is 297 Å². The smallest absolute Gasteiger partial charge is 0.143 e. The lowest BCUT2D eigenvalue weighted by Crippen LogP contribution is -2.13. The minimum absolute atomic E-state index is 0.00945. The molecule has 0 aliphatic heterocycles. The van der Waals surface area contributed by atoms with Crippen molar-refractivity contribution in [2.45, 2.75) is 26.2 Å². The molecule has 0 fully saturated rings. The zero-order valence-corrected chi connectivity index (χ0v) is 29.0. The van der Waals surface area contributed by atoms with Crippen LogP contribution in [0.4, 0.5) is 0 Å². The first-order valence-corrected chi connectivity index (χ1v) is 17.9. The van der Waals surface area contributed by atoms with E-state index in [1.807, 2.05) is 0 Å². The molecule has 0 amide bonds. The van der Waals surface area contributed by atoms with E-state index in [9.17, 15) is 0 Å². The van der Waals surface area contributed by atoms with Gasteiger partial charge in [0.05, 0.1) is 0 Å². The van der Waals surface area contributed by atoms with Crippen molar-refractivity contribution in [3.8, 4) is 33.4 Å². The summed E-state index contributed by atoms with van der Waals surface area (Å²) in [6, 6.07) is 59.7. The van der Waals surface area contributed by atoms with E-state index < -0.39 is 0 Å². The molecule has 0 aliphatic rings. The standard InChI is InChI=1S/C50H36O/c1-50(2,3)48-40-24-13-11-22-38(40)46(39-23-12-14-25-41(39)48)32-28-29-33-42-26-15-27-43(49(42)51-44(33)30-32)47-36-20-9-7-18-34(36)45(31-16-5-4-6-17-31)35-19-8-10-21-37(35)47/h4-30H,1-3H3. The van der Waals surface area contributed by atoms with Gasteiger partial charge in [-0.2, -0.15) is 0 Å². The van der Waals surface area contributed by atoms with Crippen LogP contribution in [0.5, 0.6) is 0 Å². The monoisotopic (exact) mass is 652 g/mol. The Kier molecular flexibility index (Phi) is 6.51. The summed E-state index contributed by atoms with van der Waals surface area (Å²) >= 11 is 0. The van der Waals surface area contributed by atoms with E-state index in [0.29, 0.717) is 0 Å². The molecule has 10 rings (SSSR count). The van der Waals surface area contributed by atoms with Gasteiger partial charge in [-0.25, -0.2) is 0 Å². The topological polar surface area (TPSA) is 13.1 Å². The summed E-state index contributed by atoms with van der Waals surface area (Å²) < 4.78 is 7.01. The summed E-state index contributed by atoms with van der Waals surface area (Å²) in [5, 5.41) is 12.4. The van der Waals surface area contributed by atoms with Crippen LogP contribution in [0.3, 0.4) is 0 Å². The van der Waals surface area contributed by atoms with E-state index in [2.05, 4.69) is 185 Å². The molecule has 0 N–H and O–H groups in total.